The fourth-order valence-electron chi connectivity index (χ4n) is 4.31. The minimum atomic E-state index is -0.316. The molecule has 1 aliphatic rings. The number of rotatable bonds is 6. The van der Waals surface area contributed by atoms with E-state index >= 15 is 0 Å². The van der Waals surface area contributed by atoms with Crippen LogP contribution in [0.15, 0.2) is 97.2 Å². The Morgan fingerprint density at radius 1 is 0.842 bits per heavy atom. The second kappa shape index (κ2) is 11.5. The second-order valence-electron chi connectivity index (χ2n) is 9.04. The van der Waals surface area contributed by atoms with E-state index in [1.165, 1.54) is 0 Å². The van der Waals surface area contributed by atoms with Gasteiger partial charge >= 0.3 is 6.09 Å². The molecule has 192 valence electrons. The SMILES string of the molecule is Nc1ccc(-c2ccccc2)cc1NC(=O)c1ccc(N2CCN(C(=O)OCc3ccccc3)CC2)nc1. The van der Waals surface area contributed by atoms with Gasteiger partial charge in [0.05, 0.1) is 16.9 Å². The molecule has 2 heterocycles. The molecule has 1 aliphatic heterocycles. The van der Waals surface area contributed by atoms with Crippen LogP contribution in [0.2, 0.25) is 0 Å². The highest BCUT2D eigenvalue weighted by molar-refractivity contribution is 6.06. The lowest BCUT2D eigenvalue weighted by Gasteiger charge is -2.34. The van der Waals surface area contributed by atoms with Crippen molar-refractivity contribution in [3.05, 3.63) is 108 Å². The van der Waals surface area contributed by atoms with Crippen molar-refractivity contribution in [1.82, 2.24) is 9.88 Å². The molecule has 38 heavy (non-hydrogen) atoms. The van der Waals surface area contributed by atoms with E-state index in [4.69, 9.17) is 10.5 Å². The predicted molar refractivity (Wildman–Crippen MR) is 149 cm³/mol. The molecule has 4 aromatic rings. The van der Waals surface area contributed by atoms with Gasteiger partial charge in [-0.15, -0.1) is 0 Å². The number of carbonyl (C=O) groups excluding carboxylic acids is 2. The summed E-state index contributed by atoms with van der Waals surface area (Å²) in [5, 5.41) is 2.90. The maximum Gasteiger partial charge on any atom is 0.410 e. The standard InChI is InChI=1S/C30H29N5O3/c31-26-13-11-24(23-9-5-2-6-10-23)19-27(26)33-29(36)25-12-14-28(32-20-25)34-15-17-35(18-16-34)30(37)38-21-22-7-3-1-4-8-22/h1-14,19-20H,15-18,21,31H2,(H,33,36). The average molecular weight is 508 g/mol. The minimum Gasteiger partial charge on any atom is -0.445 e. The average Bonchev–Trinajstić information content (AvgIpc) is 2.98. The van der Waals surface area contributed by atoms with E-state index in [9.17, 15) is 9.59 Å². The van der Waals surface area contributed by atoms with Gasteiger partial charge in [0.15, 0.2) is 0 Å². The summed E-state index contributed by atoms with van der Waals surface area (Å²) in [5.41, 5.74) is 10.6. The van der Waals surface area contributed by atoms with Crippen LogP contribution in [-0.4, -0.2) is 48.1 Å². The number of benzene rings is 3. The number of amides is 2. The van der Waals surface area contributed by atoms with Crippen LogP contribution >= 0.6 is 0 Å². The fourth-order valence-corrected chi connectivity index (χ4v) is 4.31. The number of anilines is 3. The monoisotopic (exact) mass is 507 g/mol. The lowest BCUT2D eigenvalue weighted by molar-refractivity contribution is 0.0940. The predicted octanol–water partition coefficient (Wildman–Crippen LogP) is 5.04. The third-order valence-corrected chi connectivity index (χ3v) is 6.49. The van der Waals surface area contributed by atoms with Crippen LogP contribution in [0.25, 0.3) is 11.1 Å². The third kappa shape index (κ3) is 5.92. The van der Waals surface area contributed by atoms with Crippen molar-refractivity contribution in [2.24, 2.45) is 0 Å². The molecule has 5 rings (SSSR count). The topological polar surface area (TPSA) is 101 Å². The van der Waals surface area contributed by atoms with Crippen LogP contribution < -0.4 is 16.0 Å². The van der Waals surface area contributed by atoms with E-state index in [1.54, 1.807) is 23.2 Å². The number of pyridine rings is 1. The fraction of sp³-hybridized carbons (Fsp3) is 0.167. The van der Waals surface area contributed by atoms with Crippen LogP contribution in [0, 0.1) is 0 Å². The third-order valence-electron chi connectivity index (χ3n) is 6.49. The largest absolute Gasteiger partial charge is 0.445 e. The molecule has 2 amide bonds. The van der Waals surface area contributed by atoms with Gasteiger partial charge in [0.25, 0.3) is 5.91 Å². The lowest BCUT2D eigenvalue weighted by Crippen LogP contribution is -2.49. The van der Waals surface area contributed by atoms with E-state index in [0.717, 1.165) is 22.5 Å². The first-order valence-electron chi connectivity index (χ1n) is 12.5. The minimum absolute atomic E-state index is 0.257. The van der Waals surface area contributed by atoms with Gasteiger partial charge in [-0.05, 0) is 41.0 Å². The molecule has 0 saturated carbocycles. The van der Waals surface area contributed by atoms with Crippen LogP contribution in [0.4, 0.5) is 22.0 Å². The maximum absolute atomic E-state index is 12.9. The number of hydrogen-bond donors (Lipinski definition) is 2. The van der Waals surface area contributed by atoms with Gasteiger partial charge in [-0.1, -0.05) is 66.7 Å². The lowest BCUT2D eigenvalue weighted by atomic mass is 10.0. The molecule has 8 heteroatoms. The highest BCUT2D eigenvalue weighted by Gasteiger charge is 2.23. The van der Waals surface area contributed by atoms with Crippen LogP contribution in [-0.2, 0) is 11.3 Å². The van der Waals surface area contributed by atoms with Crippen molar-refractivity contribution < 1.29 is 14.3 Å². The van der Waals surface area contributed by atoms with E-state index < -0.39 is 0 Å². The zero-order valence-corrected chi connectivity index (χ0v) is 20.9. The Kier molecular flexibility index (Phi) is 7.49. The summed E-state index contributed by atoms with van der Waals surface area (Å²) in [6, 6.07) is 28.7. The molecule has 0 bridgehead atoms. The number of hydrogen-bond acceptors (Lipinski definition) is 6. The molecule has 0 radical (unpaired) electrons. The Morgan fingerprint density at radius 2 is 1.55 bits per heavy atom. The van der Waals surface area contributed by atoms with Gasteiger partial charge in [0.2, 0.25) is 0 Å². The molecular formula is C30H29N5O3. The first-order chi connectivity index (χ1) is 18.6. The molecule has 0 unspecified atom stereocenters. The summed E-state index contributed by atoms with van der Waals surface area (Å²) in [6.45, 7) is 2.58. The molecule has 1 saturated heterocycles. The molecule has 0 spiro atoms. The molecule has 3 aromatic carbocycles. The van der Waals surface area contributed by atoms with Gasteiger partial charge < -0.3 is 25.6 Å². The number of nitrogens with zero attached hydrogens (tertiary/aromatic N) is 3. The number of nitrogens with one attached hydrogen (secondary N) is 1. The van der Waals surface area contributed by atoms with Gasteiger partial charge in [-0.25, -0.2) is 9.78 Å². The number of nitrogens with two attached hydrogens (primary N) is 1. The molecule has 3 N–H and O–H groups in total. The number of piperazine rings is 1. The van der Waals surface area contributed by atoms with Crippen molar-refractivity contribution in [2.75, 3.05) is 42.1 Å². The maximum atomic E-state index is 12.9. The first kappa shape index (κ1) is 24.8. The summed E-state index contributed by atoms with van der Waals surface area (Å²) in [4.78, 5) is 33.6. The molecule has 0 atom stereocenters. The van der Waals surface area contributed by atoms with Crippen LogP contribution in [0.1, 0.15) is 15.9 Å². The van der Waals surface area contributed by atoms with E-state index in [0.29, 0.717) is 43.1 Å². The van der Waals surface area contributed by atoms with Gasteiger partial charge in [-0.3, -0.25) is 4.79 Å². The van der Waals surface area contributed by atoms with Gasteiger partial charge in [-0.2, -0.15) is 0 Å². The Bertz CT molecular complexity index is 1390. The first-order valence-corrected chi connectivity index (χ1v) is 12.5. The van der Waals surface area contributed by atoms with Crippen molar-refractivity contribution in [1.29, 1.82) is 0 Å². The molecule has 8 nitrogen and oxygen atoms in total. The highest BCUT2D eigenvalue weighted by Crippen LogP contribution is 2.27. The van der Waals surface area contributed by atoms with E-state index in [-0.39, 0.29) is 18.6 Å². The van der Waals surface area contributed by atoms with Crippen molar-refractivity contribution in [2.45, 2.75) is 6.61 Å². The highest BCUT2D eigenvalue weighted by atomic mass is 16.6. The van der Waals surface area contributed by atoms with Crippen LogP contribution in [0.5, 0.6) is 0 Å². The second-order valence-corrected chi connectivity index (χ2v) is 9.04. The normalized spacial score (nSPS) is 13.2. The van der Waals surface area contributed by atoms with Crippen molar-refractivity contribution in [3.8, 4) is 11.1 Å². The van der Waals surface area contributed by atoms with E-state index in [2.05, 4.69) is 15.2 Å². The van der Waals surface area contributed by atoms with Crippen LogP contribution in [0.3, 0.4) is 0 Å². The number of nitrogen functional groups attached to an aromatic ring is 1. The van der Waals surface area contributed by atoms with Crippen molar-refractivity contribution in [3.63, 3.8) is 0 Å². The van der Waals surface area contributed by atoms with Crippen molar-refractivity contribution >= 4 is 29.2 Å². The van der Waals surface area contributed by atoms with Gasteiger partial charge in [0, 0.05) is 32.4 Å². The molecule has 1 fully saturated rings. The Balaban J connectivity index is 1.15. The number of aromatic nitrogens is 1. The quantitative estimate of drug-likeness (QED) is 0.355. The number of ether oxygens (including phenoxy) is 1. The molecule has 1 aromatic heterocycles. The Labute approximate surface area is 221 Å². The van der Waals surface area contributed by atoms with E-state index in [1.807, 2.05) is 78.9 Å². The summed E-state index contributed by atoms with van der Waals surface area (Å²) < 4.78 is 5.44. The summed E-state index contributed by atoms with van der Waals surface area (Å²) >= 11 is 0. The van der Waals surface area contributed by atoms with Gasteiger partial charge in [0.1, 0.15) is 12.4 Å². The molecule has 0 aliphatic carbocycles. The summed E-state index contributed by atoms with van der Waals surface area (Å²) in [5.74, 6) is 0.469. The molecular weight excluding hydrogens is 478 g/mol. The zero-order chi connectivity index (χ0) is 26.3. The summed E-state index contributed by atoms with van der Waals surface area (Å²) in [6.07, 6.45) is 1.24. The Hall–Kier alpha value is -4.85. The Morgan fingerprint density at radius 3 is 2.24 bits per heavy atom. The summed E-state index contributed by atoms with van der Waals surface area (Å²) in [7, 11) is 0. The number of carbonyl (C=O) groups is 2. The zero-order valence-electron chi connectivity index (χ0n) is 20.9. The smallest absolute Gasteiger partial charge is 0.410 e.